The highest BCUT2D eigenvalue weighted by Crippen LogP contribution is 2.50. The number of primary amides is 2. The van der Waals surface area contributed by atoms with Crippen LogP contribution in [0.4, 0.5) is 4.79 Å². The molecule has 5 N–H and O–H groups in total. The normalized spacial score (nSPS) is 12.6. The minimum atomic E-state index is -1.35. The number of hydrogen-bond donors (Lipinski definition) is 3. The summed E-state index contributed by atoms with van der Waals surface area (Å²) < 4.78 is 3.93. The molecule has 0 unspecified atom stereocenters. The summed E-state index contributed by atoms with van der Waals surface area (Å²) in [5.41, 5.74) is 17.4. The molecule has 54 heavy (non-hydrogen) atoms. The van der Waals surface area contributed by atoms with E-state index in [4.69, 9.17) is 16.2 Å². The Morgan fingerprint density at radius 1 is 0.481 bits per heavy atom. The molecule has 6 aromatic rings. The van der Waals surface area contributed by atoms with Crippen LogP contribution in [0, 0.1) is 0 Å². The fraction of sp³-hybridized carbons (Fsp3) is 0.133. The van der Waals surface area contributed by atoms with Crippen LogP contribution in [0.15, 0.2) is 182 Å². The molecule has 0 saturated heterocycles. The van der Waals surface area contributed by atoms with Gasteiger partial charge in [0.25, 0.3) is 5.91 Å². The molecule has 0 aliphatic carbocycles. The van der Waals surface area contributed by atoms with E-state index in [2.05, 4.69) is 41.7 Å². The molecule has 0 aliphatic rings. The zero-order chi connectivity index (χ0) is 37.8. The molecular formula is C45H41N3O4S2. The lowest BCUT2D eigenvalue weighted by atomic mass is 9.84. The Labute approximate surface area is 324 Å². The van der Waals surface area contributed by atoms with Crippen LogP contribution in [0.2, 0.25) is 0 Å². The molecule has 0 fully saturated rings. The Balaban J connectivity index is 1.32. The van der Waals surface area contributed by atoms with Crippen molar-refractivity contribution in [2.75, 3.05) is 11.5 Å². The van der Waals surface area contributed by atoms with Gasteiger partial charge in [-0.15, -0.1) is 23.5 Å². The first-order valence-electron chi connectivity index (χ1n) is 17.5. The lowest BCUT2D eigenvalue weighted by Crippen LogP contribution is -2.52. The van der Waals surface area contributed by atoms with E-state index in [0.29, 0.717) is 0 Å². The Morgan fingerprint density at radius 2 is 0.759 bits per heavy atom. The molecule has 0 spiro atoms. The fourth-order valence-electron chi connectivity index (χ4n) is 6.71. The number of nitrogens with one attached hydrogen (secondary N) is 1. The van der Waals surface area contributed by atoms with Crippen molar-refractivity contribution in [3.8, 4) is 0 Å². The summed E-state index contributed by atoms with van der Waals surface area (Å²) in [6.45, 7) is 0. The Morgan fingerprint density at radius 3 is 1.02 bits per heavy atom. The molecule has 6 rings (SSSR count). The molecule has 6 aromatic carbocycles. The third kappa shape index (κ3) is 8.38. The van der Waals surface area contributed by atoms with Gasteiger partial charge in [-0.3, -0.25) is 9.59 Å². The summed E-state index contributed by atoms with van der Waals surface area (Å²) in [6, 6.07) is 58.8. The van der Waals surface area contributed by atoms with Gasteiger partial charge < -0.3 is 21.5 Å². The lowest BCUT2D eigenvalue weighted by molar-refractivity contribution is -0.131. The third-order valence-electron chi connectivity index (χ3n) is 9.21. The number of benzene rings is 6. The smallest absolute Gasteiger partial charge is 0.405 e. The van der Waals surface area contributed by atoms with Crippen LogP contribution in [0.25, 0.3) is 0 Å². The van der Waals surface area contributed by atoms with Crippen LogP contribution < -0.4 is 16.8 Å². The average Bonchev–Trinajstić information content (AvgIpc) is 3.22. The maximum absolute atomic E-state index is 14.2. The van der Waals surface area contributed by atoms with Gasteiger partial charge in [-0.05, 0) is 33.4 Å². The van der Waals surface area contributed by atoms with Crippen LogP contribution in [0.5, 0.6) is 0 Å². The number of amides is 3. The molecule has 272 valence electrons. The molecule has 0 bridgehead atoms. The number of rotatable bonds is 16. The van der Waals surface area contributed by atoms with E-state index in [9.17, 15) is 14.4 Å². The summed E-state index contributed by atoms with van der Waals surface area (Å²) in [6.07, 6.45) is -2.46. The van der Waals surface area contributed by atoms with Gasteiger partial charge in [-0.25, -0.2) is 4.79 Å². The zero-order valence-corrected chi connectivity index (χ0v) is 31.1. The number of hydrogen-bond acceptors (Lipinski definition) is 6. The van der Waals surface area contributed by atoms with Gasteiger partial charge >= 0.3 is 6.09 Å². The molecular weight excluding hydrogens is 711 g/mol. The minimum Gasteiger partial charge on any atom is -0.435 e. The van der Waals surface area contributed by atoms with Crippen molar-refractivity contribution in [1.29, 1.82) is 0 Å². The van der Waals surface area contributed by atoms with Crippen molar-refractivity contribution < 1.29 is 19.1 Å². The Kier molecular flexibility index (Phi) is 12.5. The van der Waals surface area contributed by atoms with Gasteiger partial charge in [0.1, 0.15) is 6.04 Å². The van der Waals surface area contributed by atoms with Crippen LogP contribution in [0.3, 0.4) is 0 Å². The second-order valence-electron chi connectivity index (χ2n) is 12.6. The van der Waals surface area contributed by atoms with E-state index in [0.717, 1.165) is 33.4 Å². The number of ether oxygens (including phenoxy) is 1. The SMILES string of the molecule is NC(=O)O[C@@H](CSC(c1ccccc1)(c1ccccc1)c1ccccc1)C(=O)N[C@@H](CSC(c1ccccc1)(c1ccccc1)c1ccccc1)C(N)=O. The van der Waals surface area contributed by atoms with Crippen molar-refractivity contribution in [3.63, 3.8) is 0 Å². The van der Waals surface area contributed by atoms with Gasteiger partial charge in [0.05, 0.1) is 9.49 Å². The van der Waals surface area contributed by atoms with Crippen molar-refractivity contribution in [3.05, 3.63) is 215 Å². The van der Waals surface area contributed by atoms with Gasteiger partial charge in [0, 0.05) is 11.5 Å². The summed E-state index contributed by atoms with van der Waals surface area (Å²) in [5, 5.41) is 2.82. The van der Waals surface area contributed by atoms with Crippen molar-refractivity contribution in [1.82, 2.24) is 5.32 Å². The second kappa shape index (κ2) is 17.8. The van der Waals surface area contributed by atoms with Crippen LogP contribution >= 0.6 is 23.5 Å². The maximum atomic E-state index is 14.2. The largest absolute Gasteiger partial charge is 0.435 e. The summed E-state index contributed by atoms with van der Waals surface area (Å²) in [5.74, 6) is -1.29. The molecule has 3 amide bonds. The molecule has 2 atom stereocenters. The van der Waals surface area contributed by atoms with Gasteiger partial charge in [0.2, 0.25) is 5.91 Å². The summed E-state index contributed by atoms with van der Waals surface area (Å²) >= 11 is 2.93. The van der Waals surface area contributed by atoms with E-state index in [1.807, 2.05) is 146 Å². The van der Waals surface area contributed by atoms with E-state index in [-0.39, 0.29) is 11.5 Å². The molecule has 0 heterocycles. The lowest BCUT2D eigenvalue weighted by Gasteiger charge is -2.37. The number of nitrogens with two attached hydrogens (primary N) is 2. The van der Waals surface area contributed by atoms with E-state index in [1.54, 1.807) is 0 Å². The van der Waals surface area contributed by atoms with E-state index < -0.39 is 39.5 Å². The first kappa shape index (κ1) is 38.0. The van der Waals surface area contributed by atoms with Gasteiger partial charge in [0.15, 0.2) is 6.10 Å². The standard InChI is InChI=1S/C45H41N3O4S2/c46-41(49)39(31-53-44(33-19-7-1-8-20-33,34-21-9-2-10-22-34)35-23-11-3-12-24-35)48-42(50)40(52-43(47)51)32-54-45(36-25-13-4-14-26-36,37-27-15-5-16-28-37)38-29-17-6-18-30-38/h1-30,39-40H,31-32H2,(H2,46,49)(H2,47,51)(H,48,50)/t39-,40-/m0/s1. The monoisotopic (exact) mass is 751 g/mol. The highest BCUT2D eigenvalue weighted by molar-refractivity contribution is 8.01. The van der Waals surface area contributed by atoms with Gasteiger partial charge in [-0.2, -0.15) is 0 Å². The average molecular weight is 752 g/mol. The Bertz CT molecular complexity index is 1910. The van der Waals surface area contributed by atoms with Crippen LogP contribution in [-0.4, -0.2) is 41.6 Å². The number of thioether (sulfide) groups is 2. The summed E-state index contributed by atoms with van der Waals surface area (Å²) in [7, 11) is 0. The second-order valence-corrected chi connectivity index (χ2v) is 15.0. The van der Waals surface area contributed by atoms with E-state index in [1.165, 1.54) is 23.5 Å². The van der Waals surface area contributed by atoms with Crippen LogP contribution in [0.1, 0.15) is 33.4 Å². The maximum Gasteiger partial charge on any atom is 0.405 e. The van der Waals surface area contributed by atoms with Crippen molar-refractivity contribution in [2.45, 2.75) is 21.6 Å². The highest BCUT2D eigenvalue weighted by Gasteiger charge is 2.41. The van der Waals surface area contributed by atoms with Gasteiger partial charge in [-0.1, -0.05) is 182 Å². The predicted octanol–water partition coefficient (Wildman–Crippen LogP) is 7.87. The molecule has 7 nitrogen and oxygen atoms in total. The highest BCUT2D eigenvalue weighted by atomic mass is 32.2. The van der Waals surface area contributed by atoms with Crippen molar-refractivity contribution >= 4 is 41.4 Å². The molecule has 0 aliphatic heterocycles. The fourth-order valence-corrected chi connectivity index (χ4v) is 9.81. The zero-order valence-electron chi connectivity index (χ0n) is 29.5. The minimum absolute atomic E-state index is 0.00800. The first-order chi connectivity index (χ1) is 26.3. The summed E-state index contributed by atoms with van der Waals surface area (Å²) in [4.78, 5) is 39.6. The van der Waals surface area contributed by atoms with Crippen LogP contribution in [-0.2, 0) is 23.8 Å². The number of carbonyl (C=O) groups is 3. The quantitative estimate of drug-likeness (QED) is 0.0866. The van der Waals surface area contributed by atoms with Crippen molar-refractivity contribution in [2.24, 2.45) is 11.5 Å². The molecule has 0 aromatic heterocycles. The Hall–Kier alpha value is -5.77. The predicted molar refractivity (Wildman–Crippen MR) is 219 cm³/mol. The first-order valence-corrected chi connectivity index (χ1v) is 19.5. The van der Waals surface area contributed by atoms with E-state index >= 15 is 0 Å². The third-order valence-corrected chi connectivity index (χ3v) is 12.5. The molecule has 0 saturated carbocycles. The number of carbonyl (C=O) groups excluding carboxylic acids is 3. The topological polar surface area (TPSA) is 125 Å². The molecule has 9 heteroatoms. The molecule has 0 radical (unpaired) electrons.